The molecule has 0 spiro atoms. The van der Waals surface area contributed by atoms with Gasteiger partial charge in [-0.05, 0) is 66.4 Å². The number of Topliss-reactive ketones (excluding diaryl/α,β-unsaturated/α-hetero) is 2. The quantitative estimate of drug-likeness (QED) is 0.129. The van der Waals surface area contributed by atoms with Crippen molar-refractivity contribution in [3.05, 3.63) is 70.8 Å². The molecule has 0 bridgehead atoms. The molecule has 2 aliphatic rings. The van der Waals surface area contributed by atoms with E-state index in [2.05, 4.69) is 0 Å². The van der Waals surface area contributed by atoms with Crippen molar-refractivity contribution in [2.45, 2.75) is 12.8 Å². The Kier molecular flexibility index (Phi) is 9.06. The second-order valence-corrected chi connectivity index (χ2v) is 10.7. The molecule has 12 nitrogen and oxygen atoms in total. The minimum atomic E-state index is -0.818. The number of carbonyl (C=O) groups excluding carboxylic acids is 2. The average Bonchev–Trinajstić information content (AvgIpc) is 3.83. The van der Waals surface area contributed by atoms with Crippen molar-refractivity contribution in [2.24, 2.45) is 0 Å². The maximum Gasteiger partial charge on any atom is 0.237 e. The topological polar surface area (TPSA) is 126 Å². The lowest BCUT2D eigenvalue weighted by atomic mass is 9.92. The summed E-state index contributed by atoms with van der Waals surface area (Å²) >= 11 is 0. The number of carbonyl (C=O) groups is 2. The molecule has 0 atom stereocenters. The fourth-order valence-electron chi connectivity index (χ4n) is 5.86. The number of methoxy groups -OCH3 is 6. The number of aryl methyl sites for hydroxylation is 2. The molecule has 6 rings (SSSR count). The van der Waals surface area contributed by atoms with Crippen LogP contribution >= 0.6 is 0 Å². The highest BCUT2D eigenvalue weighted by Gasteiger charge is 2.35. The van der Waals surface area contributed by atoms with Gasteiger partial charge in [0, 0.05) is 16.7 Å². The van der Waals surface area contributed by atoms with E-state index in [0.717, 1.165) is 11.1 Å². The van der Waals surface area contributed by atoms with E-state index in [1.54, 1.807) is 26.4 Å². The van der Waals surface area contributed by atoms with Crippen molar-refractivity contribution in [3.63, 3.8) is 0 Å². The van der Waals surface area contributed by atoms with E-state index in [1.807, 2.05) is 24.3 Å². The van der Waals surface area contributed by atoms with E-state index < -0.39 is 11.6 Å². The van der Waals surface area contributed by atoms with Gasteiger partial charge in [-0.3, -0.25) is 9.59 Å². The van der Waals surface area contributed by atoms with Crippen LogP contribution in [0, 0.1) is 0 Å². The minimum Gasteiger partial charge on any atom is -0.493 e. The van der Waals surface area contributed by atoms with Gasteiger partial charge in [-0.2, -0.15) is 0 Å². The van der Waals surface area contributed by atoms with Gasteiger partial charge in [-0.25, -0.2) is 0 Å². The summed E-state index contributed by atoms with van der Waals surface area (Å²) in [5, 5.41) is 0. The van der Waals surface area contributed by atoms with Crippen LogP contribution in [0.4, 0.5) is 0 Å². The number of ether oxygens (including phenoxy) is 10. The first-order valence-electron chi connectivity index (χ1n) is 14.9. The summed E-state index contributed by atoms with van der Waals surface area (Å²) in [7, 11) is 9.10. The normalized spacial score (nSPS) is 12.4. The van der Waals surface area contributed by atoms with E-state index >= 15 is 0 Å². The lowest BCUT2D eigenvalue weighted by molar-refractivity contribution is 0.0814. The lowest BCUT2D eigenvalue weighted by Gasteiger charge is -2.19. The zero-order valence-corrected chi connectivity index (χ0v) is 27.3. The second-order valence-electron chi connectivity index (χ2n) is 10.7. The molecule has 2 heterocycles. The Morgan fingerprint density at radius 1 is 0.542 bits per heavy atom. The van der Waals surface area contributed by atoms with Gasteiger partial charge in [0.1, 0.15) is 0 Å². The van der Waals surface area contributed by atoms with Crippen LogP contribution in [0.15, 0.2) is 48.5 Å². The number of hydrogen-bond donors (Lipinski definition) is 0. The van der Waals surface area contributed by atoms with Crippen molar-refractivity contribution < 1.29 is 57.0 Å². The minimum absolute atomic E-state index is 0.000338. The number of rotatable bonds is 13. The van der Waals surface area contributed by atoms with Gasteiger partial charge >= 0.3 is 0 Å². The highest BCUT2D eigenvalue weighted by atomic mass is 16.7. The van der Waals surface area contributed by atoms with Gasteiger partial charge in [0.05, 0.1) is 48.2 Å². The maximum atomic E-state index is 13.9. The predicted octanol–water partition coefficient (Wildman–Crippen LogP) is 5.71. The van der Waals surface area contributed by atoms with Gasteiger partial charge in [0.2, 0.25) is 36.7 Å². The second kappa shape index (κ2) is 13.5. The Bertz CT molecular complexity index is 1900. The van der Waals surface area contributed by atoms with E-state index in [1.165, 1.54) is 40.6 Å². The monoisotopic (exact) mass is 658 g/mol. The van der Waals surface area contributed by atoms with Crippen molar-refractivity contribution in [2.75, 3.05) is 56.2 Å². The Balaban J connectivity index is 1.45. The largest absolute Gasteiger partial charge is 0.493 e. The Hall–Kier alpha value is -5.78. The molecule has 0 aromatic heterocycles. The molecule has 0 saturated heterocycles. The van der Waals surface area contributed by atoms with Gasteiger partial charge in [-0.1, -0.05) is 6.07 Å². The first-order chi connectivity index (χ1) is 23.4. The molecule has 12 heteroatoms. The van der Waals surface area contributed by atoms with Crippen LogP contribution in [0.1, 0.15) is 31.8 Å². The summed E-state index contributed by atoms with van der Waals surface area (Å²) in [6.07, 6.45) is 1.18. The van der Waals surface area contributed by atoms with E-state index in [0.29, 0.717) is 70.0 Å². The molecule has 0 fully saturated rings. The average molecular weight is 659 g/mol. The Morgan fingerprint density at radius 3 is 1.71 bits per heavy atom. The molecule has 0 aliphatic carbocycles. The first-order valence-corrected chi connectivity index (χ1v) is 14.9. The van der Waals surface area contributed by atoms with Crippen LogP contribution in [0.25, 0.3) is 11.1 Å². The maximum absolute atomic E-state index is 13.9. The zero-order valence-electron chi connectivity index (χ0n) is 27.3. The van der Waals surface area contributed by atoms with Crippen LogP contribution in [0.5, 0.6) is 57.5 Å². The summed E-state index contributed by atoms with van der Waals surface area (Å²) in [5.41, 5.74) is 2.90. The molecule has 48 heavy (non-hydrogen) atoms. The highest BCUT2D eigenvalue weighted by molar-refractivity contribution is 6.50. The summed E-state index contributed by atoms with van der Waals surface area (Å²) < 4.78 is 56.5. The Morgan fingerprint density at radius 2 is 1.08 bits per heavy atom. The van der Waals surface area contributed by atoms with Crippen molar-refractivity contribution in [3.8, 4) is 68.6 Å². The van der Waals surface area contributed by atoms with Crippen LogP contribution in [-0.2, 0) is 12.8 Å². The molecule has 250 valence electrons. The predicted molar refractivity (Wildman–Crippen MR) is 172 cm³/mol. The summed E-state index contributed by atoms with van der Waals surface area (Å²) in [5.74, 6) is 2.29. The molecule has 0 saturated carbocycles. The van der Waals surface area contributed by atoms with E-state index in [9.17, 15) is 9.59 Å². The third-order valence-corrected chi connectivity index (χ3v) is 8.20. The molecule has 0 N–H and O–H groups in total. The van der Waals surface area contributed by atoms with Crippen molar-refractivity contribution >= 4 is 11.6 Å². The number of fused-ring (bicyclic) bond motifs is 2. The third kappa shape index (κ3) is 5.59. The van der Waals surface area contributed by atoms with Crippen molar-refractivity contribution in [1.82, 2.24) is 0 Å². The smallest absolute Gasteiger partial charge is 0.237 e. The molecule has 0 amide bonds. The fraction of sp³-hybridized carbons (Fsp3) is 0.278. The molecule has 0 radical (unpaired) electrons. The molecular formula is C36H34O12. The zero-order chi connectivity index (χ0) is 33.9. The van der Waals surface area contributed by atoms with Crippen LogP contribution in [-0.4, -0.2) is 67.8 Å². The van der Waals surface area contributed by atoms with Gasteiger partial charge in [-0.15, -0.1) is 0 Å². The molecule has 0 unspecified atom stereocenters. The fourth-order valence-corrected chi connectivity index (χ4v) is 5.86. The molecular weight excluding hydrogens is 624 g/mol. The van der Waals surface area contributed by atoms with Gasteiger partial charge in [0.15, 0.2) is 46.0 Å². The highest BCUT2D eigenvalue weighted by Crippen LogP contribution is 2.55. The van der Waals surface area contributed by atoms with Crippen molar-refractivity contribution in [1.29, 1.82) is 0 Å². The molecule has 2 aliphatic heterocycles. The lowest BCUT2D eigenvalue weighted by Crippen LogP contribution is -2.16. The van der Waals surface area contributed by atoms with E-state index in [4.69, 9.17) is 47.4 Å². The summed E-state index contributed by atoms with van der Waals surface area (Å²) in [6.45, 7) is -0.171. The first kappa shape index (κ1) is 32.2. The molecule has 4 aromatic rings. The van der Waals surface area contributed by atoms with Gasteiger partial charge < -0.3 is 47.4 Å². The number of hydrogen-bond acceptors (Lipinski definition) is 12. The Labute approximate surface area is 276 Å². The third-order valence-electron chi connectivity index (χ3n) is 8.20. The summed E-state index contributed by atoms with van der Waals surface area (Å²) in [6, 6.07) is 13.7. The van der Waals surface area contributed by atoms with Crippen LogP contribution in [0.3, 0.4) is 0 Å². The SMILES string of the molecule is COc1ccc(CCc2cc(-c3cc(C(=O)C(=O)c4ccc(OC)c(OC)c4)c4c(c3OC)OCO4)c(OC)c3c2OCO3)cc1OC. The van der Waals surface area contributed by atoms with Gasteiger partial charge in [0.25, 0.3) is 0 Å². The number of benzene rings is 4. The number of ketones is 2. The van der Waals surface area contributed by atoms with Crippen LogP contribution in [0.2, 0.25) is 0 Å². The molecule has 4 aromatic carbocycles. The van der Waals surface area contributed by atoms with Crippen LogP contribution < -0.4 is 47.4 Å². The van der Waals surface area contributed by atoms with E-state index in [-0.39, 0.29) is 36.2 Å². The summed E-state index contributed by atoms with van der Waals surface area (Å²) in [4.78, 5) is 27.5. The standard InChI is InChI=1S/C36H34O12/c1-39-25-11-8-19(13-27(25)41-3)7-9-21-14-22(32(43-5)35-31(21)45-17-47-35)23-16-24(34-36(33(23)44-6)48-18-46-34)30(38)29(37)20-10-12-26(40-2)28(15-20)42-4/h8,10-16H,7,9,17-18H2,1-6H3.